The first-order chi connectivity index (χ1) is 13.2. The standard InChI is InChI=1S/C18H14N4O4S/c23-15(9-22-13-3-1-2-4-14(13)25-18(22)24)21-7-12(8-21)17-19-16(20-26-17)11-5-6-27-10-11/h1-6,10,12H,7-9H2. The van der Waals surface area contributed by atoms with Crippen molar-refractivity contribution in [3.63, 3.8) is 0 Å². The maximum atomic E-state index is 12.5. The van der Waals surface area contributed by atoms with Crippen LogP contribution in [0.4, 0.5) is 0 Å². The summed E-state index contributed by atoms with van der Waals surface area (Å²) in [5, 5.41) is 7.91. The molecule has 4 heterocycles. The zero-order valence-electron chi connectivity index (χ0n) is 14.1. The SMILES string of the molecule is O=C(Cn1c(=O)oc2ccccc21)N1CC(c2nc(-c3ccsc3)no2)C1. The summed E-state index contributed by atoms with van der Waals surface area (Å²) < 4.78 is 11.9. The van der Waals surface area contributed by atoms with Gasteiger partial charge in [0.15, 0.2) is 5.58 Å². The van der Waals surface area contributed by atoms with Crippen LogP contribution in [-0.4, -0.2) is 38.6 Å². The van der Waals surface area contributed by atoms with Crippen LogP contribution in [0.5, 0.6) is 0 Å². The van der Waals surface area contributed by atoms with Gasteiger partial charge in [0.05, 0.1) is 11.4 Å². The molecule has 0 atom stereocenters. The van der Waals surface area contributed by atoms with Gasteiger partial charge in [-0.05, 0) is 23.6 Å². The van der Waals surface area contributed by atoms with Crippen molar-refractivity contribution in [3.05, 3.63) is 57.5 Å². The van der Waals surface area contributed by atoms with Gasteiger partial charge in [-0.25, -0.2) is 4.79 Å². The van der Waals surface area contributed by atoms with Crippen LogP contribution < -0.4 is 5.76 Å². The first-order valence-electron chi connectivity index (χ1n) is 8.41. The molecule has 0 radical (unpaired) electrons. The highest BCUT2D eigenvalue weighted by Gasteiger charge is 2.36. The van der Waals surface area contributed by atoms with Crippen LogP contribution in [0.3, 0.4) is 0 Å². The molecule has 0 spiro atoms. The van der Waals surface area contributed by atoms with Crippen LogP contribution >= 0.6 is 11.3 Å². The lowest BCUT2D eigenvalue weighted by molar-refractivity contribution is -0.136. The van der Waals surface area contributed by atoms with Crippen LogP contribution in [0.15, 0.2) is 54.8 Å². The largest absolute Gasteiger partial charge is 0.420 e. The summed E-state index contributed by atoms with van der Waals surface area (Å²) in [6.07, 6.45) is 0. The van der Waals surface area contributed by atoms with Crippen molar-refractivity contribution in [2.75, 3.05) is 13.1 Å². The Morgan fingerprint density at radius 2 is 2.11 bits per heavy atom. The number of oxazole rings is 1. The van der Waals surface area contributed by atoms with Crippen molar-refractivity contribution in [2.45, 2.75) is 12.5 Å². The summed E-state index contributed by atoms with van der Waals surface area (Å²) >= 11 is 1.57. The van der Waals surface area contributed by atoms with Gasteiger partial charge in [0.2, 0.25) is 17.6 Å². The van der Waals surface area contributed by atoms with E-state index in [9.17, 15) is 9.59 Å². The summed E-state index contributed by atoms with van der Waals surface area (Å²) in [7, 11) is 0. The number of carbonyl (C=O) groups is 1. The van der Waals surface area contributed by atoms with Crippen LogP contribution in [0.1, 0.15) is 11.8 Å². The Hall–Kier alpha value is -3.20. The van der Waals surface area contributed by atoms with Crippen molar-refractivity contribution in [1.82, 2.24) is 19.6 Å². The number of aromatic nitrogens is 3. The van der Waals surface area contributed by atoms with E-state index >= 15 is 0 Å². The van der Waals surface area contributed by atoms with Crippen molar-refractivity contribution >= 4 is 28.3 Å². The van der Waals surface area contributed by atoms with Gasteiger partial charge < -0.3 is 13.8 Å². The molecule has 1 aliphatic rings. The lowest BCUT2D eigenvalue weighted by atomic mass is 10.00. The second-order valence-electron chi connectivity index (χ2n) is 6.39. The molecule has 0 unspecified atom stereocenters. The molecule has 1 saturated heterocycles. The van der Waals surface area contributed by atoms with Crippen molar-refractivity contribution in [1.29, 1.82) is 0 Å². The number of fused-ring (bicyclic) bond motifs is 1. The zero-order chi connectivity index (χ0) is 18.4. The minimum Gasteiger partial charge on any atom is -0.408 e. The predicted molar refractivity (Wildman–Crippen MR) is 97.4 cm³/mol. The number of amides is 1. The van der Waals surface area contributed by atoms with E-state index < -0.39 is 5.76 Å². The number of likely N-dealkylation sites (tertiary alicyclic amines) is 1. The summed E-state index contributed by atoms with van der Waals surface area (Å²) in [4.78, 5) is 30.6. The first kappa shape index (κ1) is 16.0. The molecule has 4 aromatic rings. The van der Waals surface area contributed by atoms with Gasteiger partial charge in [0.25, 0.3) is 0 Å². The van der Waals surface area contributed by atoms with E-state index in [0.717, 1.165) is 5.56 Å². The number of nitrogens with zero attached hydrogens (tertiary/aromatic N) is 4. The van der Waals surface area contributed by atoms with E-state index in [0.29, 0.717) is 35.9 Å². The Morgan fingerprint density at radius 1 is 1.26 bits per heavy atom. The van der Waals surface area contributed by atoms with Crippen LogP contribution in [0, 0.1) is 0 Å². The quantitative estimate of drug-likeness (QED) is 0.538. The fraction of sp³-hybridized carbons (Fsp3) is 0.222. The van der Waals surface area contributed by atoms with E-state index in [1.807, 2.05) is 16.8 Å². The first-order valence-corrected chi connectivity index (χ1v) is 9.35. The smallest absolute Gasteiger partial charge is 0.408 e. The number of benzene rings is 1. The molecule has 0 saturated carbocycles. The van der Waals surface area contributed by atoms with Gasteiger partial charge in [0.1, 0.15) is 6.54 Å². The number of para-hydroxylation sites is 2. The molecular weight excluding hydrogens is 368 g/mol. The van der Waals surface area contributed by atoms with Crippen LogP contribution in [0.2, 0.25) is 0 Å². The Kier molecular flexibility index (Phi) is 3.68. The Bertz CT molecular complexity index is 1170. The van der Waals surface area contributed by atoms with Crippen molar-refractivity contribution in [2.24, 2.45) is 0 Å². The third-order valence-corrected chi connectivity index (χ3v) is 5.35. The molecule has 9 heteroatoms. The van der Waals surface area contributed by atoms with Gasteiger partial charge >= 0.3 is 5.76 Å². The molecule has 1 aliphatic heterocycles. The second kappa shape index (κ2) is 6.20. The number of thiophene rings is 1. The van der Waals surface area contributed by atoms with E-state index in [1.54, 1.807) is 40.5 Å². The molecule has 0 N–H and O–H groups in total. The molecule has 1 amide bonds. The minimum atomic E-state index is -0.529. The highest BCUT2D eigenvalue weighted by molar-refractivity contribution is 7.08. The number of hydrogen-bond acceptors (Lipinski definition) is 7. The summed E-state index contributed by atoms with van der Waals surface area (Å²) in [6.45, 7) is 0.940. The lowest BCUT2D eigenvalue weighted by Gasteiger charge is -2.37. The van der Waals surface area contributed by atoms with E-state index in [1.165, 1.54) is 4.57 Å². The normalized spacial score (nSPS) is 14.6. The monoisotopic (exact) mass is 382 g/mol. The third kappa shape index (κ3) is 2.76. The summed E-state index contributed by atoms with van der Waals surface area (Å²) in [6, 6.07) is 8.99. The minimum absolute atomic E-state index is 0.0200. The maximum absolute atomic E-state index is 12.5. The van der Waals surface area contributed by atoms with Crippen LogP contribution in [0.25, 0.3) is 22.5 Å². The lowest BCUT2D eigenvalue weighted by Crippen LogP contribution is -2.50. The molecule has 1 aromatic carbocycles. The van der Waals surface area contributed by atoms with Gasteiger partial charge in [-0.1, -0.05) is 17.3 Å². The van der Waals surface area contributed by atoms with Crippen molar-refractivity contribution in [3.8, 4) is 11.4 Å². The van der Waals surface area contributed by atoms with E-state index in [4.69, 9.17) is 8.94 Å². The second-order valence-corrected chi connectivity index (χ2v) is 7.17. The van der Waals surface area contributed by atoms with Gasteiger partial charge in [-0.2, -0.15) is 16.3 Å². The van der Waals surface area contributed by atoms with E-state index in [2.05, 4.69) is 10.1 Å². The Balaban J connectivity index is 1.26. The Labute approximate surface area is 156 Å². The molecule has 1 fully saturated rings. The average Bonchev–Trinajstić information content (AvgIpc) is 3.35. The highest BCUT2D eigenvalue weighted by atomic mass is 32.1. The van der Waals surface area contributed by atoms with Crippen molar-refractivity contribution < 1.29 is 13.7 Å². The Morgan fingerprint density at radius 3 is 2.93 bits per heavy atom. The van der Waals surface area contributed by atoms with Crippen LogP contribution in [-0.2, 0) is 11.3 Å². The fourth-order valence-electron chi connectivity index (χ4n) is 3.15. The summed E-state index contributed by atoms with van der Waals surface area (Å²) in [5.74, 6) is 0.446. The number of rotatable bonds is 4. The molecule has 136 valence electrons. The van der Waals surface area contributed by atoms with Gasteiger partial charge in [-0.15, -0.1) is 0 Å². The summed E-state index contributed by atoms with van der Waals surface area (Å²) in [5.41, 5.74) is 2.02. The number of carbonyl (C=O) groups excluding carboxylic acids is 1. The number of hydrogen-bond donors (Lipinski definition) is 0. The van der Waals surface area contributed by atoms with E-state index in [-0.39, 0.29) is 18.4 Å². The topological polar surface area (TPSA) is 94.4 Å². The molecule has 0 bridgehead atoms. The average molecular weight is 382 g/mol. The highest BCUT2D eigenvalue weighted by Crippen LogP contribution is 2.28. The molecule has 27 heavy (non-hydrogen) atoms. The van der Waals surface area contributed by atoms with Gasteiger partial charge in [0, 0.05) is 24.0 Å². The molecule has 0 aliphatic carbocycles. The molecular formula is C18H14N4O4S. The maximum Gasteiger partial charge on any atom is 0.420 e. The fourth-order valence-corrected chi connectivity index (χ4v) is 3.78. The predicted octanol–water partition coefficient (Wildman–Crippen LogP) is 2.33. The van der Waals surface area contributed by atoms with Gasteiger partial charge in [-0.3, -0.25) is 9.36 Å². The third-order valence-electron chi connectivity index (χ3n) is 4.67. The molecule has 5 rings (SSSR count). The molecule has 3 aromatic heterocycles. The zero-order valence-corrected chi connectivity index (χ0v) is 14.9. The molecule has 8 nitrogen and oxygen atoms in total.